The van der Waals surface area contributed by atoms with Crippen molar-refractivity contribution in [3.63, 3.8) is 0 Å². The highest BCUT2D eigenvalue weighted by atomic mass is 16.3. The fourth-order valence-corrected chi connectivity index (χ4v) is 2.57. The Bertz CT molecular complexity index is 736. The fraction of sp³-hybridized carbons (Fsp3) is 0.0667. The molecule has 0 atom stereocenters. The number of ketones is 2. The second-order valence-corrected chi connectivity index (χ2v) is 4.77. The number of hydrogen-bond acceptors (Lipinski definition) is 6. The van der Waals surface area contributed by atoms with Crippen LogP contribution < -0.4 is 0 Å². The topological polar surface area (TPSA) is 147 Å². The SMILES string of the molecule is O.O=C1c2ccccc2C(=O)C1(O)c1c(O)cc(O)cc1O. The quantitative estimate of drug-likeness (QED) is 0.555. The fourth-order valence-electron chi connectivity index (χ4n) is 2.57. The summed E-state index contributed by atoms with van der Waals surface area (Å²) in [5.74, 6) is -3.82. The van der Waals surface area contributed by atoms with Crippen molar-refractivity contribution < 1.29 is 35.5 Å². The van der Waals surface area contributed by atoms with Crippen molar-refractivity contribution in [1.82, 2.24) is 0 Å². The monoisotopic (exact) mass is 304 g/mol. The van der Waals surface area contributed by atoms with Crippen LogP contribution in [0.4, 0.5) is 0 Å². The Morgan fingerprint density at radius 3 is 1.64 bits per heavy atom. The number of Topliss-reactive ketones (excluding diaryl/α,β-unsaturated/α-hetero) is 2. The number of carbonyl (C=O) groups excluding carboxylic acids is 2. The number of hydrogen-bond donors (Lipinski definition) is 4. The van der Waals surface area contributed by atoms with Gasteiger partial charge in [-0.3, -0.25) is 9.59 Å². The third-order valence-corrected chi connectivity index (χ3v) is 3.52. The molecule has 0 aliphatic heterocycles. The highest BCUT2D eigenvalue weighted by Gasteiger charge is 2.55. The molecular formula is C15H12O7. The maximum atomic E-state index is 12.4. The third-order valence-electron chi connectivity index (χ3n) is 3.52. The average Bonchev–Trinajstić information content (AvgIpc) is 2.61. The van der Waals surface area contributed by atoms with Gasteiger partial charge < -0.3 is 25.9 Å². The molecule has 2 aromatic rings. The van der Waals surface area contributed by atoms with Crippen LogP contribution in [0, 0.1) is 0 Å². The van der Waals surface area contributed by atoms with E-state index in [1.54, 1.807) is 0 Å². The normalized spacial score (nSPS) is 15.3. The predicted octanol–water partition coefficient (Wildman–Crippen LogP) is 0.245. The minimum atomic E-state index is -2.70. The summed E-state index contributed by atoms with van der Waals surface area (Å²) in [5, 5.41) is 39.5. The lowest BCUT2D eigenvalue weighted by molar-refractivity contribution is 0.0303. The smallest absolute Gasteiger partial charge is 0.223 e. The van der Waals surface area contributed by atoms with Gasteiger partial charge in [0.25, 0.3) is 0 Å². The number of phenols is 3. The van der Waals surface area contributed by atoms with Crippen LogP contribution in [-0.2, 0) is 5.60 Å². The Labute approximate surface area is 124 Å². The van der Waals surface area contributed by atoms with Crippen molar-refractivity contribution in [3.05, 3.63) is 53.1 Å². The first-order valence-corrected chi connectivity index (χ1v) is 6.03. The minimum Gasteiger partial charge on any atom is -0.508 e. The molecule has 2 aromatic carbocycles. The summed E-state index contributed by atoms with van der Waals surface area (Å²) in [4.78, 5) is 24.7. The Kier molecular flexibility index (Phi) is 3.40. The van der Waals surface area contributed by atoms with Crippen LogP contribution >= 0.6 is 0 Å². The minimum absolute atomic E-state index is 0. The molecule has 0 aromatic heterocycles. The second kappa shape index (κ2) is 4.83. The summed E-state index contributed by atoms with van der Waals surface area (Å²) in [6, 6.07) is 7.48. The van der Waals surface area contributed by atoms with Crippen LogP contribution in [0.2, 0.25) is 0 Å². The zero-order valence-electron chi connectivity index (χ0n) is 11.1. The number of rotatable bonds is 1. The van der Waals surface area contributed by atoms with E-state index in [1.165, 1.54) is 24.3 Å². The lowest BCUT2D eigenvalue weighted by Crippen LogP contribution is -2.38. The van der Waals surface area contributed by atoms with E-state index in [0.717, 1.165) is 12.1 Å². The van der Waals surface area contributed by atoms with E-state index in [9.17, 15) is 30.0 Å². The van der Waals surface area contributed by atoms with Crippen molar-refractivity contribution in [2.24, 2.45) is 0 Å². The molecule has 0 amide bonds. The molecule has 1 aliphatic rings. The zero-order valence-corrected chi connectivity index (χ0v) is 11.1. The average molecular weight is 304 g/mol. The standard InChI is InChI=1S/C15H10O6.H2O/c16-7-5-10(17)12(11(18)6-7)15(21)13(19)8-3-1-2-4-9(8)14(15)20;/h1-6,16-18,21H;1H2. The van der Waals surface area contributed by atoms with E-state index in [2.05, 4.69) is 0 Å². The van der Waals surface area contributed by atoms with Gasteiger partial charge in [-0.1, -0.05) is 24.3 Å². The van der Waals surface area contributed by atoms with Crippen molar-refractivity contribution in [2.45, 2.75) is 5.60 Å². The number of aliphatic hydroxyl groups is 1. The lowest BCUT2D eigenvalue weighted by Gasteiger charge is -2.21. The Balaban J connectivity index is 0.00000176. The lowest BCUT2D eigenvalue weighted by atomic mass is 9.87. The molecule has 0 unspecified atom stereocenters. The molecule has 0 bridgehead atoms. The Morgan fingerprint density at radius 1 is 0.818 bits per heavy atom. The van der Waals surface area contributed by atoms with Gasteiger partial charge in [0.1, 0.15) is 17.2 Å². The predicted molar refractivity (Wildman–Crippen MR) is 74.0 cm³/mol. The summed E-state index contributed by atoms with van der Waals surface area (Å²) in [6.07, 6.45) is 0. The van der Waals surface area contributed by atoms with E-state index in [4.69, 9.17) is 0 Å². The summed E-state index contributed by atoms with van der Waals surface area (Å²) in [6.45, 7) is 0. The molecule has 22 heavy (non-hydrogen) atoms. The Morgan fingerprint density at radius 2 is 1.23 bits per heavy atom. The maximum absolute atomic E-state index is 12.4. The van der Waals surface area contributed by atoms with Crippen LogP contribution in [0.1, 0.15) is 26.3 Å². The van der Waals surface area contributed by atoms with Crippen molar-refractivity contribution in [3.8, 4) is 17.2 Å². The first-order valence-electron chi connectivity index (χ1n) is 6.03. The van der Waals surface area contributed by atoms with Gasteiger partial charge in [-0.05, 0) is 0 Å². The third kappa shape index (κ3) is 1.77. The van der Waals surface area contributed by atoms with Crippen LogP contribution in [0.5, 0.6) is 17.2 Å². The van der Waals surface area contributed by atoms with E-state index in [-0.39, 0.29) is 16.6 Å². The highest BCUT2D eigenvalue weighted by molar-refractivity contribution is 6.32. The van der Waals surface area contributed by atoms with Gasteiger partial charge in [0.15, 0.2) is 0 Å². The van der Waals surface area contributed by atoms with Crippen molar-refractivity contribution in [1.29, 1.82) is 0 Å². The largest absolute Gasteiger partial charge is 0.508 e. The molecule has 0 heterocycles. The molecule has 114 valence electrons. The number of benzene rings is 2. The molecule has 0 fully saturated rings. The summed E-state index contributed by atoms with van der Waals surface area (Å²) in [5.41, 5.74) is -3.31. The second-order valence-electron chi connectivity index (χ2n) is 4.77. The molecule has 7 nitrogen and oxygen atoms in total. The van der Waals surface area contributed by atoms with Crippen LogP contribution in [0.25, 0.3) is 0 Å². The van der Waals surface area contributed by atoms with Crippen LogP contribution in [0.15, 0.2) is 36.4 Å². The van der Waals surface area contributed by atoms with Crippen molar-refractivity contribution in [2.75, 3.05) is 0 Å². The number of phenolic OH excluding ortho intramolecular Hbond substituents is 3. The zero-order chi connectivity index (χ0) is 15.4. The van der Waals surface area contributed by atoms with Crippen molar-refractivity contribution >= 4 is 11.6 Å². The van der Waals surface area contributed by atoms with Crippen LogP contribution in [0.3, 0.4) is 0 Å². The van der Waals surface area contributed by atoms with Gasteiger partial charge in [0.05, 0.1) is 5.56 Å². The van der Waals surface area contributed by atoms with E-state index >= 15 is 0 Å². The molecule has 0 saturated carbocycles. The molecule has 0 radical (unpaired) electrons. The van der Waals surface area contributed by atoms with E-state index in [1.807, 2.05) is 0 Å². The van der Waals surface area contributed by atoms with Gasteiger partial charge in [0, 0.05) is 23.3 Å². The van der Waals surface area contributed by atoms with Gasteiger partial charge in [-0.25, -0.2) is 0 Å². The number of fused-ring (bicyclic) bond motifs is 1. The molecular weight excluding hydrogens is 292 g/mol. The summed E-state index contributed by atoms with van der Waals surface area (Å²) >= 11 is 0. The summed E-state index contributed by atoms with van der Waals surface area (Å²) < 4.78 is 0. The first-order chi connectivity index (χ1) is 9.87. The number of carbonyl (C=O) groups is 2. The highest BCUT2D eigenvalue weighted by Crippen LogP contribution is 2.46. The van der Waals surface area contributed by atoms with E-state index in [0.29, 0.717) is 0 Å². The van der Waals surface area contributed by atoms with E-state index < -0.39 is 40.0 Å². The molecule has 7 heteroatoms. The molecule has 0 spiro atoms. The molecule has 0 saturated heterocycles. The van der Waals surface area contributed by atoms with Gasteiger partial charge in [-0.2, -0.15) is 0 Å². The first kappa shape index (κ1) is 15.5. The Hall–Kier alpha value is -2.90. The molecule has 6 N–H and O–H groups in total. The van der Waals surface area contributed by atoms with Gasteiger partial charge in [0.2, 0.25) is 17.2 Å². The molecule has 3 rings (SSSR count). The van der Waals surface area contributed by atoms with Gasteiger partial charge >= 0.3 is 0 Å². The van der Waals surface area contributed by atoms with Crippen LogP contribution in [-0.4, -0.2) is 37.5 Å². The summed E-state index contributed by atoms with van der Waals surface area (Å²) in [7, 11) is 0. The maximum Gasteiger partial charge on any atom is 0.223 e. The molecule has 1 aliphatic carbocycles. The van der Waals surface area contributed by atoms with Gasteiger partial charge in [-0.15, -0.1) is 0 Å². The number of aromatic hydroxyl groups is 3.